The summed E-state index contributed by atoms with van der Waals surface area (Å²) < 4.78 is 7.64. The number of aromatic nitrogens is 2. The third-order valence-electron chi connectivity index (χ3n) is 5.71. The molecular weight excluding hydrogens is 378 g/mol. The molecule has 5 rings (SSSR count). The number of amides is 1. The van der Waals surface area contributed by atoms with Gasteiger partial charge in [-0.15, -0.1) is 0 Å². The van der Waals surface area contributed by atoms with Crippen molar-refractivity contribution < 1.29 is 14.6 Å². The van der Waals surface area contributed by atoms with Gasteiger partial charge in [-0.2, -0.15) is 0 Å². The number of imidazole rings is 1. The van der Waals surface area contributed by atoms with Crippen molar-refractivity contribution in [2.45, 2.75) is 5.92 Å². The van der Waals surface area contributed by atoms with Crippen LogP contribution in [0.4, 0.5) is 0 Å². The molecule has 1 amide bonds. The van der Waals surface area contributed by atoms with Gasteiger partial charge < -0.3 is 14.7 Å². The van der Waals surface area contributed by atoms with E-state index in [0.29, 0.717) is 19.0 Å². The number of hydrogen-bond acceptors (Lipinski definition) is 4. The number of benzene rings is 2. The summed E-state index contributed by atoms with van der Waals surface area (Å²) in [6.07, 6.45) is 3.32. The van der Waals surface area contributed by atoms with Crippen LogP contribution in [0.25, 0.3) is 27.5 Å². The van der Waals surface area contributed by atoms with E-state index in [9.17, 15) is 9.90 Å². The number of likely N-dealkylation sites (tertiary alicyclic amines) is 1. The average molecular weight is 399 g/mol. The van der Waals surface area contributed by atoms with Gasteiger partial charge in [0.2, 0.25) is 11.8 Å². The number of ether oxygens (including phenoxy) is 1. The van der Waals surface area contributed by atoms with E-state index in [4.69, 9.17) is 9.72 Å². The van der Waals surface area contributed by atoms with Crippen LogP contribution in [-0.4, -0.2) is 45.5 Å². The summed E-state index contributed by atoms with van der Waals surface area (Å²) in [7, 11) is 1.63. The highest BCUT2D eigenvalue weighted by Crippen LogP contribution is 2.37. The third kappa shape index (κ3) is 2.80. The second-order valence-electron chi connectivity index (χ2n) is 7.51. The molecule has 150 valence electrons. The van der Waals surface area contributed by atoms with Gasteiger partial charge >= 0.3 is 0 Å². The fraction of sp³-hybridized carbons (Fsp3) is 0.167. The van der Waals surface area contributed by atoms with E-state index in [1.165, 1.54) is 6.08 Å². The number of rotatable bonds is 4. The topological polar surface area (TPSA) is 67.1 Å². The second-order valence-corrected chi connectivity index (χ2v) is 7.51. The van der Waals surface area contributed by atoms with E-state index >= 15 is 0 Å². The maximum atomic E-state index is 11.8. The van der Waals surface area contributed by atoms with Crippen molar-refractivity contribution >= 4 is 22.3 Å². The van der Waals surface area contributed by atoms with E-state index in [1.54, 1.807) is 24.1 Å². The lowest BCUT2D eigenvalue weighted by atomic mass is 9.96. The van der Waals surface area contributed by atoms with Gasteiger partial charge in [0.15, 0.2) is 0 Å². The largest absolute Gasteiger partial charge is 0.508 e. The van der Waals surface area contributed by atoms with Crippen molar-refractivity contribution in [1.82, 2.24) is 14.3 Å². The Balaban J connectivity index is 1.59. The highest BCUT2D eigenvalue weighted by molar-refractivity contribution is 5.97. The molecule has 6 heteroatoms. The number of pyridine rings is 1. The lowest BCUT2D eigenvalue weighted by Crippen LogP contribution is -2.48. The lowest BCUT2D eigenvalue weighted by molar-refractivity contribution is -0.130. The van der Waals surface area contributed by atoms with Crippen molar-refractivity contribution in [3.63, 3.8) is 0 Å². The Morgan fingerprint density at radius 2 is 2.03 bits per heavy atom. The fourth-order valence-corrected chi connectivity index (χ4v) is 4.16. The molecule has 0 atom stereocenters. The highest BCUT2D eigenvalue weighted by atomic mass is 16.5. The zero-order chi connectivity index (χ0) is 20.8. The number of fused-ring (bicyclic) bond motifs is 2. The molecule has 2 aromatic carbocycles. The molecule has 0 aliphatic carbocycles. The summed E-state index contributed by atoms with van der Waals surface area (Å²) in [6, 6.07) is 15.5. The van der Waals surface area contributed by atoms with Crippen LogP contribution < -0.4 is 4.74 Å². The van der Waals surface area contributed by atoms with E-state index in [0.717, 1.165) is 33.2 Å². The van der Waals surface area contributed by atoms with Gasteiger partial charge in [-0.25, -0.2) is 4.98 Å². The molecule has 1 aliphatic heterocycles. The minimum atomic E-state index is -0.0629. The first-order valence-corrected chi connectivity index (χ1v) is 9.78. The minimum absolute atomic E-state index is 0.0629. The monoisotopic (exact) mass is 399 g/mol. The number of methoxy groups -OCH3 is 1. The summed E-state index contributed by atoms with van der Waals surface area (Å²) in [4.78, 5) is 18.3. The Morgan fingerprint density at radius 1 is 1.23 bits per heavy atom. The van der Waals surface area contributed by atoms with Crippen molar-refractivity contribution in [3.8, 4) is 22.8 Å². The van der Waals surface area contributed by atoms with E-state index in [1.807, 2.05) is 47.0 Å². The molecule has 3 heterocycles. The minimum Gasteiger partial charge on any atom is -0.508 e. The van der Waals surface area contributed by atoms with E-state index in [-0.39, 0.29) is 17.6 Å². The molecular formula is C24H21N3O3. The first-order chi connectivity index (χ1) is 14.6. The van der Waals surface area contributed by atoms with Crippen LogP contribution >= 0.6 is 0 Å². The predicted octanol–water partition coefficient (Wildman–Crippen LogP) is 3.98. The number of phenolic OH excluding ortho intramolecular Hbond substituents is 1. The molecule has 6 nitrogen and oxygen atoms in total. The van der Waals surface area contributed by atoms with Crippen LogP contribution in [0.3, 0.4) is 0 Å². The molecule has 0 unspecified atom stereocenters. The average Bonchev–Trinajstić information content (AvgIpc) is 3.08. The first kappa shape index (κ1) is 18.2. The normalized spacial score (nSPS) is 14.1. The Hall–Kier alpha value is -3.80. The molecule has 1 saturated heterocycles. The third-order valence-corrected chi connectivity index (χ3v) is 5.71. The Morgan fingerprint density at radius 3 is 2.80 bits per heavy atom. The molecule has 0 bridgehead atoms. The maximum absolute atomic E-state index is 11.8. The summed E-state index contributed by atoms with van der Waals surface area (Å²) >= 11 is 0. The summed E-state index contributed by atoms with van der Waals surface area (Å²) in [6.45, 7) is 4.76. The smallest absolute Gasteiger partial charge is 0.245 e. The van der Waals surface area contributed by atoms with Gasteiger partial charge in [-0.1, -0.05) is 30.8 Å². The van der Waals surface area contributed by atoms with Crippen molar-refractivity contribution in [1.29, 1.82) is 0 Å². The fourth-order valence-electron chi connectivity index (χ4n) is 4.16. The maximum Gasteiger partial charge on any atom is 0.245 e. The molecule has 1 aliphatic rings. The molecule has 4 aromatic rings. The molecule has 0 spiro atoms. The SMILES string of the molecule is C=CC(=O)N1CC(c2nc3ccc(-c4cc(O)cc5ccccc45)cn3c2OC)C1. The van der Waals surface area contributed by atoms with Crippen LogP contribution in [0.15, 0.2) is 67.4 Å². The van der Waals surface area contributed by atoms with Crippen molar-refractivity contribution in [2.75, 3.05) is 20.2 Å². The van der Waals surface area contributed by atoms with Crippen LogP contribution in [0, 0.1) is 0 Å². The van der Waals surface area contributed by atoms with Crippen LogP contribution in [-0.2, 0) is 4.79 Å². The molecule has 0 radical (unpaired) electrons. The second kappa shape index (κ2) is 6.91. The van der Waals surface area contributed by atoms with Crippen molar-refractivity contribution in [2.24, 2.45) is 0 Å². The quantitative estimate of drug-likeness (QED) is 0.527. The first-order valence-electron chi connectivity index (χ1n) is 9.78. The molecule has 30 heavy (non-hydrogen) atoms. The number of carbonyl (C=O) groups excluding carboxylic acids is 1. The van der Waals surface area contributed by atoms with Gasteiger partial charge in [0, 0.05) is 25.2 Å². The van der Waals surface area contributed by atoms with Gasteiger partial charge in [0.25, 0.3) is 0 Å². The Bertz CT molecular complexity index is 1300. The van der Waals surface area contributed by atoms with Crippen LogP contribution in [0.2, 0.25) is 0 Å². The van der Waals surface area contributed by atoms with E-state index < -0.39 is 0 Å². The van der Waals surface area contributed by atoms with Crippen molar-refractivity contribution in [3.05, 3.63) is 73.1 Å². The van der Waals surface area contributed by atoms with Gasteiger partial charge in [0.1, 0.15) is 17.1 Å². The van der Waals surface area contributed by atoms with Gasteiger partial charge in [-0.3, -0.25) is 9.20 Å². The number of carbonyl (C=O) groups is 1. The zero-order valence-electron chi connectivity index (χ0n) is 16.6. The Labute approximate surface area is 173 Å². The number of phenols is 1. The predicted molar refractivity (Wildman–Crippen MR) is 116 cm³/mol. The lowest BCUT2D eigenvalue weighted by Gasteiger charge is -2.37. The summed E-state index contributed by atoms with van der Waals surface area (Å²) in [5, 5.41) is 12.3. The molecule has 0 saturated carbocycles. The summed E-state index contributed by atoms with van der Waals surface area (Å²) in [5.74, 6) is 0.969. The standard InChI is InChI=1S/C24H21N3O3/c1-3-22(29)26-12-17(13-26)23-24(30-2)27-14-16(8-9-21(27)25-23)20-11-18(28)10-15-6-4-5-7-19(15)20/h3-11,14,17,28H,1,12-13H2,2H3. The van der Waals surface area contributed by atoms with Gasteiger partial charge in [0.05, 0.1) is 7.11 Å². The highest BCUT2D eigenvalue weighted by Gasteiger charge is 2.35. The van der Waals surface area contributed by atoms with Gasteiger partial charge in [-0.05, 0) is 52.2 Å². The Kier molecular flexibility index (Phi) is 4.20. The zero-order valence-corrected chi connectivity index (χ0v) is 16.6. The van der Waals surface area contributed by atoms with E-state index in [2.05, 4.69) is 6.58 Å². The van der Waals surface area contributed by atoms with Crippen LogP contribution in [0.1, 0.15) is 11.6 Å². The molecule has 1 N–H and O–H groups in total. The molecule has 1 fully saturated rings. The number of hydrogen-bond donors (Lipinski definition) is 1. The number of nitrogens with zero attached hydrogens (tertiary/aromatic N) is 3. The summed E-state index contributed by atoms with van der Waals surface area (Å²) in [5.41, 5.74) is 3.53. The molecule has 2 aromatic heterocycles. The van der Waals surface area contributed by atoms with Crippen LogP contribution in [0.5, 0.6) is 11.6 Å². The number of aromatic hydroxyl groups is 1.